The number of carbonyl (C=O) groups excluding carboxylic acids is 1. The van der Waals surface area contributed by atoms with E-state index in [1.807, 2.05) is 23.1 Å². The van der Waals surface area contributed by atoms with Gasteiger partial charge in [0.15, 0.2) is 0 Å². The highest BCUT2D eigenvalue weighted by molar-refractivity contribution is 5.96. The molecule has 0 radical (unpaired) electrons. The minimum atomic E-state index is -0.0757. The minimum absolute atomic E-state index is 0.0580. The summed E-state index contributed by atoms with van der Waals surface area (Å²) in [5.41, 5.74) is 2.10. The van der Waals surface area contributed by atoms with Crippen LogP contribution in [0.25, 0.3) is 10.9 Å². The number of methoxy groups -OCH3 is 1. The fraction of sp³-hybridized carbons (Fsp3) is 0.368. The summed E-state index contributed by atoms with van der Waals surface area (Å²) in [5.74, 6) is 0.269. The van der Waals surface area contributed by atoms with E-state index in [-0.39, 0.29) is 11.5 Å². The number of carbonyl (C=O) groups is 1. The van der Waals surface area contributed by atoms with Crippen molar-refractivity contribution in [2.45, 2.75) is 0 Å². The normalized spacial score (nSPS) is 14.5. The van der Waals surface area contributed by atoms with Crippen molar-refractivity contribution in [3.63, 3.8) is 0 Å². The fourth-order valence-electron chi connectivity index (χ4n) is 3.50. The molecule has 2 aromatic heterocycles. The van der Waals surface area contributed by atoms with Crippen LogP contribution in [-0.2, 0) is 14.1 Å². The third-order valence-corrected chi connectivity index (χ3v) is 5.05. The average molecular weight is 382 g/mol. The van der Waals surface area contributed by atoms with Crippen molar-refractivity contribution in [2.75, 3.05) is 38.2 Å². The molecule has 0 atom stereocenters. The zero-order valence-corrected chi connectivity index (χ0v) is 16.1. The van der Waals surface area contributed by atoms with E-state index in [4.69, 9.17) is 4.74 Å². The van der Waals surface area contributed by atoms with Crippen LogP contribution < -0.4 is 15.2 Å². The number of hydrogen-bond donors (Lipinski definition) is 0. The summed E-state index contributed by atoms with van der Waals surface area (Å²) in [6.45, 7) is 2.59. The summed E-state index contributed by atoms with van der Waals surface area (Å²) in [5, 5.41) is 4.76. The van der Waals surface area contributed by atoms with Crippen LogP contribution in [0.15, 0.2) is 35.5 Å². The van der Waals surface area contributed by atoms with Gasteiger partial charge in [-0.05, 0) is 18.2 Å². The van der Waals surface area contributed by atoms with Crippen LogP contribution in [0, 0.1) is 0 Å². The van der Waals surface area contributed by atoms with E-state index in [1.165, 1.54) is 18.0 Å². The van der Waals surface area contributed by atoms with E-state index in [9.17, 15) is 9.59 Å². The van der Waals surface area contributed by atoms with Gasteiger partial charge in [-0.3, -0.25) is 14.3 Å². The molecule has 1 saturated heterocycles. The first-order chi connectivity index (χ1) is 13.5. The van der Waals surface area contributed by atoms with E-state index < -0.39 is 0 Å². The van der Waals surface area contributed by atoms with Crippen molar-refractivity contribution in [1.29, 1.82) is 0 Å². The van der Waals surface area contributed by atoms with Gasteiger partial charge in [-0.2, -0.15) is 0 Å². The zero-order chi connectivity index (χ0) is 19.8. The molecule has 9 nitrogen and oxygen atoms in total. The molecular weight excluding hydrogens is 360 g/mol. The fourth-order valence-corrected chi connectivity index (χ4v) is 3.50. The molecular formula is C19H22N6O3. The largest absolute Gasteiger partial charge is 0.479 e. The minimum Gasteiger partial charge on any atom is -0.479 e. The molecule has 3 heterocycles. The first-order valence-electron chi connectivity index (χ1n) is 9.05. The molecule has 1 aliphatic heterocycles. The Hall–Kier alpha value is -3.36. The van der Waals surface area contributed by atoms with Crippen molar-refractivity contribution in [1.82, 2.24) is 24.2 Å². The number of fused-ring (bicyclic) bond motifs is 1. The van der Waals surface area contributed by atoms with Crippen molar-refractivity contribution in [3.05, 3.63) is 46.6 Å². The number of hydrogen-bond acceptors (Lipinski definition) is 6. The molecule has 146 valence electrons. The maximum absolute atomic E-state index is 12.8. The Kier molecular flexibility index (Phi) is 4.50. The lowest BCUT2D eigenvalue weighted by Gasteiger charge is -2.36. The summed E-state index contributed by atoms with van der Waals surface area (Å²) in [6, 6.07) is 5.68. The highest BCUT2D eigenvalue weighted by Gasteiger charge is 2.26. The molecule has 1 aliphatic rings. The maximum Gasteiger partial charge on any atom is 0.261 e. The molecule has 0 unspecified atom stereocenters. The van der Waals surface area contributed by atoms with Crippen LogP contribution in [0.4, 0.5) is 5.69 Å². The Morgan fingerprint density at radius 3 is 2.61 bits per heavy atom. The Labute approximate surface area is 161 Å². The lowest BCUT2D eigenvalue weighted by atomic mass is 10.2. The maximum atomic E-state index is 12.8. The molecule has 4 rings (SSSR count). The number of nitrogens with zero attached hydrogens (tertiary/aromatic N) is 6. The number of anilines is 1. The first-order valence-corrected chi connectivity index (χ1v) is 9.05. The predicted octanol–water partition coefficient (Wildman–Crippen LogP) is 0.638. The van der Waals surface area contributed by atoms with Crippen LogP contribution in [-0.4, -0.2) is 63.4 Å². The van der Waals surface area contributed by atoms with Gasteiger partial charge >= 0.3 is 0 Å². The highest BCUT2D eigenvalue weighted by Crippen LogP contribution is 2.22. The van der Waals surface area contributed by atoms with E-state index in [0.717, 1.165) is 5.69 Å². The van der Waals surface area contributed by atoms with Crippen LogP contribution in [0.2, 0.25) is 0 Å². The Bertz CT molecular complexity index is 1090. The van der Waals surface area contributed by atoms with E-state index in [1.54, 1.807) is 25.0 Å². The molecule has 0 bridgehead atoms. The summed E-state index contributed by atoms with van der Waals surface area (Å²) in [7, 11) is 4.96. The van der Waals surface area contributed by atoms with Gasteiger partial charge in [-0.1, -0.05) is 0 Å². The first kappa shape index (κ1) is 18.0. The van der Waals surface area contributed by atoms with Gasteiger partial charge < -0.3 is 19.1 Å². The molecule has 1 amide bonds. The van der Waals surface area contributed by atoms with Crippen LogP contribution >= 0.6 is 0 Å². The molecule has 9 heteroatoms. The molecule has 28 heavy (non-hydrogen) atoms. The number of aromatic nitrogens is 4. The summed E-state index contributed by atoms with van der Waals surface area (Å²) in [4.78, 5) is 33.3. The summed E-state index contributed by atoms with van der Waals surface area (Å²) < 4.78 is 8.25. The van der Waals surface area contributed by atoms with Crippen LogP contribution in [0.5, 0.6) is 5.88 Å². The predicted molar refractivity (Wildman–Crippen MR) is 105 cm³/mol. The monoisotopic (exact) mass is 382 g/mol. The number of amides is 1. The standard InChI is InChI=1S/C19H22N6O3/c1-22-12-20-16-10-13(4-5-14(16)18(22)26)24-6-8-25(9-7-24)19(27)15-11-23(2)21-17(15)28-3/h4-5,10-12H,6-9H2,1-3H3. The molecule has 3 aromatic rings. The average Bonchev–Trinajstić information content (AvgIpc) is 3.11. The number of benzene rings is 1. The Morgan fingerprint density at radius 2 is 1.89 bits per heavy atom. The Morgan fingerprint density at radius 1 is 1.14 bits per heavy atom. The molecule has 0 aliphatic carbocycles. The van der Waals surface area contributed by atoms with Crippen LogP contribution in [0.1, 0.15) is 10.4 Å². The molecule has 0 saturated carbocycles. The van der Waals surface area contributed by atoms with Crippen LogP contribution in [0.3, 0.4) is 0 Å². The van der Waals surface area contributed by atoms with Gasteiger partial charge in [-0.25, -0.2) is 4.98 Å². The van der Waals surface area contributed by atoms with Gasteiger partial charge in [0.05, 0.1) is 24.3 Å². The third-order valence-electron chi connectivity index (χ3n) is 5.05. The number of aryl methyl sites for hydroxylation is 2. The van der Waals surface area contributed by atoms with E-state index in [2.05, 4.69) is 15.0 Å². The lowest BCUT2D eigenvalue weighted by molar-refractivity contribution is 0.0743. The second kappa shape index (κ2) is 6.99. The van der Waals surface area contributed by atoms with Gasteiger partial charge in [0.1, 0.15) is 5.56 Å². The van der Waals surface area contributed by atoms with Gasteiger partial charge in [0.25, 0.3) is 11.5 Å². The summed E-state index contributed by atoms with van der Waals surface area (Å²) >= 11 is 0. The van der Waals surface area contributed by atoms with Crippen molar-refractivity contribution in [3.8, 4) is 5.88 Å². The van der Waals surface area contributed by atoms with Crippen molar-refractivity contribution >= 4 is 22.5 Å². The smallest absolute Gasteiger partial charge is 0.261 e. The second-order valence-electron chi connectivity index (χ2n) is 6.87. The van der Waals surface area contributed by atoms with Gasteiger partial charge in [-0.15, -0.1) is 5.10 Å². The van der Waals surface area contributed by atoms with E-state index in [0.29, 0.717) is 48.5 Å². The molecule has 1 fully saturated rings. The second-order valence-corrected chi connectivity index (χ2v) is 6.87. The Balaban J connectivity index is 1.49. The van der Waals surface area contributed by atoms with E-state index >= 15 is 0 Å². The number of rotatable bonds is 3. The number of piperazine rings is 1. The highest BCUT2D eigenvalue weighted by atomic mass is 16.5. The van der Waals surface area contributed by atoms with Crippen molar-refractivity contribution < 1.29 is 9.53 Å². The number of ether oxygens (including phenoxy) is 1. The van der Waals surface area contributed by atoms with Gasteiger partial charge in [0.2, 0.25) is 5.88 Å². The summed E-state index contributed by atoms with van der Waals surface area (Å²) in [6.07, 6.45) is 3.22. The van der Waals surface area contributed by atoms with Gasteiger partial charge in [0, 0.05) is 52.2 Å². The molecule has 1 aromatic carbocycles. The topological polar surface area (TPSA) is 85.5 Å². The lowest BCUT2D eigenvalue weighted by Crippen LogP contribution is -2.48. The van der Waals surface area contributed by atoms with Crippen molar-refractivity contribution in [2.24, 2.45) is 14.1 Å². The quantitative estimate of drug-likeness (QED) is 0.661. The molecule has 0 spiro atoms. The molecule has 0 N–H and O–H groups in total. The third kappa shape index (κ3) is 3.08. The SMILES string of the molecule is COc1nn(C)cc1C(=O)N1CCN(c2ccc3c(=O)n(C)cnc3c2)CC1. The zero-order valence-electron chi connectivity index (χ0n) is 16.1.